The Balaban J connectivity index is 1.78. The maximum Gasteiger partial charge on any atom is 0.416 e. The summed E-state index contributed by atoms with van der Waals surface area (Å²) in [5.41, 5.74) is 0.849. The second kappa shape index (κ2) is 3.48. The van der Waals surface area contributed by atoms with Gasteiger partial charge in [-0.15, -0.1) is 0 Å². The van der Waals surface area contributed by atoms with Crippen molar-refractivity contribution in [1.82, 2.24) is 5.32 Å². The van der Waals surface area contributed by atoms with Crippen LogP contribution in [0, 0.1) is 5.41 Å². The minimum absolute atomic E-state index is 0.347. The van der Waals surface area contributed by atoms with Crippen LogP contribution in [0.2, 0.25) is 0 Å². The second-order valence-electron chi connectivity index (χ2n) is 5.17. The Morgan fingerprint density at radius 3 is 2.41 bits per heavy atom. The number of halogens is 3. The lowest BCUT2D eigenvalue weighted by Crippen LogP contribution is -2.10. The summed E-state index contributed by atoms with van der Waals surface area (Å²) >= 11 is 0. The Hall–Kier alpha value is -1.03. The minimum atomic E-state index is -4.23. The van der Waals surface area contributed by atoms with Gasteiger partial charge in [-0.3, -0.25) is 0 Å². The Labute approximate surface area is 98.0 Å². The molecule has 1 saturated carbocycles. The highest BCUT2D eigenvalue weighted by Crippen LogP contribution is 2.62. The minimum Gasteiger partial charge on any atom is -0.316 e. The fraction of sp³-hybridized carbons (Fsp3) is 0.538. The molecule has 2 aliphatic rings. The number of alkyl halides is 3. The van der Waals surface area contributed by atoms with Crippen molar-refractivity contribution < 1.29 is 13.2 Å². The first kappa shape index (κ1) is 11.1. The quantitative estimate of drug-likeness (QED) is 0.796. The molecule has 1 spiro atoms. The van der Waals surface area contributed by atoms with Gasteiger partial charge in [-0.2, -0.15) is 13.2 Å². The molecule has 4 heteroatoms. The molecule has 1 N–H and O–H groups in total. The summed E-state index contributed by atoms with van der Waals surface area (Å²) in [5.74, 6) is 0.458. The average molecular weight is 241 g/mol. The van der Waals surface area contributed by atoms with Gasteiger partial charge in [0.15, 0.2) is 0 Å². The van der Waals surface area contributed by atoms with Gasteiger partial charge in [0, 0.05) is 6.54 Å². The molecule has 0 bridgehead atoms. The summed E-state index contributed by atoms with van der Waals surface area (Å²) in [5, 5.41) is 3.33. The zero-order valence-corrected chi connectivity index (χ0v) is 9.35. The van der Waals surface area contributed by atoms with Crippen molar-refractivity contribution in [3.8, 4) is 0 Å². The second-order valence-corrected chi connectivity index (χ2v) is 5.17. The van der Waals surface area contributed by atoms with Crippen molar-refractivity contribution in [3.05, 3.63) is 35.4 Å². The highest BCUT2D eigenvalue weighted by Gasteiger charge is 2.55. The maximum atomic E-state index is 12.4. The average Bonchev–Trinajstić information content (AvgIpc) is 2.76. The number of nitrogens with one attached hydrogen (secondary N) is 1. The van der Waals surface area contributed by atoms with Gasteiger partial charge in [0.25, 0.3) is 0 Å². The van der Waals surface area contributed by atoms with Gasteiger partial charge < -0.3 is 5.32 Å². The summed E-state index contributed by atoms with van der Waals surface area (Å²) < 4.78 is 37.3. The van der Waals surface area contributed by atoms with E-state index in [4.69, 9.17) is 0 Å². The summed E-state index contributed by atoms with van der Waals surface area (Å²) in [7, 11) is 0. The van der Waals surface area contributed by atoms with Gasteiger partial charge in [-0.25, -0.2) is 0 Å². The number of rotatable bonds is 1. The molecular weight excluding hydrogens is 227 g/mol. The van der Waals surface area contributed by atoms with Gasteiger partial charge in [-0.05, 0) is 48.4 Å². The first-order chi connectivity index (χ1) is 8.01. The predicted molar refractivity (Wildman–Crippen MR) is 58.7 cm³/mol. The van der Waals surface area contributed by atoms with Crippen molar-refractivity contribution >= 4 is 0 Å². The molecule has 1 heterocycles. The fourth-order valence-electron chi connectivity index (χ4n) is 2.96. The van der Waals surface area contributed by atoms with E-state index in [1.807, 2.05) is 0 Å². The lowest BCUT2D eigenvalue weighted by atomic mass is 9.97. The lowest BCUT2D eigenvalue weighted by molar-refractivity contribution is -0.137. The van der Waals surface area contributed by atoms with Crippen molar-refractivity contribution in [1.29, 1.82) is 0 Å². The molecule has 0 unspecified atom stereocenters. The Kier molecular flexibility index (Phi) is 2.27. The third kappa shape index (κ3) is 1.84. The monoisotopic (exact) mass is 241 g/mol. The molecule has 1 aliphatic carbocycles. The zero-order chi connectivity index (χ0) is 12.1. The Bertz CT molecular complexity index is 415. The molecule has 1 aromatic carbocycles. The van der Waals surface area contributed by atoms with Crippen molar-refractivity contribution in [2.24, 2.45) is 5.41 Å². The highest BCUT2D eigenvalue weighted by atomic mass is 19.4. The molecule has 1 nitrogen and oxygen atoms in total. The van der Waals surface area contributed by atoms with Crippen LogP contribution in [0.25, 0.3) is 0 Å². The molecule has 2 atom stereocenters. The SMILES string of the molecule is FC(F)(F)c1ccc([C@H]2C[C@@]23CCNC3)cc1. The van der Waals surface area contributed by atoms with Gasteiger partial charge in [0.05, 0.1) is 5.56 Å². The standard InChI is InChI=1S/C13H14F3N/c14-13(15,16)10-3-1-9(2-4-10)11-7-12(11)5-6-17-8-12/h1-4,11,17H,5-8H2/t11-,12-/m1/s1. The molecule has 92 valence electrons. The molecule has 0 amide bonds. The Morgan fingerprint density at radius 1 is 1.18 bits per heavy atom. The van der Waals surface area contributed by atoms with E-state index in [9.17, 15) is 13.2 Å². The first-order valence-corrected chi connectivity index (χ1v) is 5.89. The van der Waals surface area contributed by atoms with Crippen molar-refractivity contribution in [2.75, 3.05) is 13.1 Å². The molecule has 0 aromatic heterocycles. The van der Waals surface area contributed by atoms with Crippen LogP contribution < -0.4 is 5.32 Å². The molecule has 2 fully saturated rings. The predicted octanol–water partition coefficient (Wildman–Crippen LogP) is 3.17. The van der Waals surface area contributed by atoms with E-state index >= 15 is 0 Å². The van der Waals surface area contributed by atoms with Gasteiger partial charge in [0.1, 0.15) is 0 Å². The molecule has 1 saturated heterocycles. The molecular formula is C13H14F3N. The number of hydrogen-bond donors (Lipinski definition) is 1. The van der Waals surface area contributed by atoms with E-state index in [0.29, 0.717) is 11.3 Å². The van der Waals surface area contributed by atoms with E-state index in [-0.39, 0.29) is 0 Å². The maximum absolute atomic E-state index is 12.4. The van der Waals surface area contributed by atoms with Crippen LogP contribution >= 0.6 is 0 Å². The van der Waals surface area contributed by atoms with Crippen LogP contribution in [-0.4, -0.2) is 13.1 Å². The van der Waals surface area contributed by atoms with Crippen LogP contribution in [0.1, 0.15) is 29.9 Å². The van der Waals surface area contributed by atoms with Crippen molar-refractivity contribution in [3.63, 3.8) is 0 Å². The van der Waals surface area contributed by atoms with E-state index in [0.717, 1.165) is 31.5 Å². The normalized spacial score (nSPS) is 32.1. The van der Waals surface area contributed by atoms with Crippen LogP contribution in [-0.2, 0) is 6.18 Å². The van der Waals surface area contributed by atoms with Crippen LogP contribution in [0.3, 0.4) is 0 Å². The van der Waals surface area contributed by atoms with Crippen LogP contribution in [0.15, 0.2) is 24.3 Å². The smallest absolute Gasteiger partial charge is 0.316 e. The first-order valence-electron chi connectivity index (χ1n) is 5.89. The van der Waals surface area contributed by atoms with Gasteiger partial charge in [-0.1, -0.05) is 12.1 Å². The number of hydrogen-bond acceptors (Lipinski definition) is 1. The molecule has 1 aromatic rings. The van der Waals surface area contributed by atoms with E-state index in [1.54, 1.807) is 12.1 Å². The van der Waals surface area contributed by atoms with E-state index in [2.05, 4.69) is 5.32 Å². The molecule has 0 radical (unpaired) electrons. The molecule has 1 aliphatic heterocycles. The Morgan fingerprint density at radius 2 is 1.88 bits per heavy atom. The summed E-state index contributed by atoms with van der Waals surface area (Å²) in [4.78, 5) is 0. The van der Waals surface area contributed by atoms with Crippen LogP contribution in [0.5, 0.6) is 0 Å². The lowest BCUT2D eigenvalue weighted by Gasteiger charge is -2.10. The summed E-state index contributed by atoms with van der Waals surface area (Å²) in [6.07, 6.45) is -1.96. The molecule has 17 heavy (non-hydrogen) atoms. The molecule has 3 rings (SSSR count). The van der Waals surface area contributed by atoms with Crippen LogP contribution in [0.4, 0.5) is 13.2 Å². The largest absolute Gasteiger partial charge is 0.416 e. The number of benzene rings is 1. The third-order valence-electron chi connectivity index (χ3n) is 4.11. The van der Waals surface area contributed by atoms with Gasteiger partial charge >= 0.3 is 6.18 Å². The van der Waals surface area contributed by atoms with E-state index < -0.39 is 11.7 Å². The highest BCUT2D eigenvalue weighted by molar-refractivity contribution is 5.34. The summed E-state index contributed by atoms with van der Waals surface area (Å²) in [6.45, 7) is 2.05. The summed E-state index contributed by atoms with van der Waals surface area (Å²) in [6, 6.07) is 5.68. The van der Waals surface area contributed by atoms with Gasteiger partial charge in [0.2, 0.25) is 0 Å². The van der Waals surface area contributed by atoms with Crippen molar-refractivity contribution in [2.45, 2.75) is 24.9 Å². The topological polar surface area (TPSA) is 12.0 Å². The zero-order valence-electron chi connectivity index (χ0n) is 9.35. The fourth-order valence-corrected chi connectivity index (χ4v) is 2.96. The van der Waals surface area contributed by atoms with E-state index in [1.165, 1.54) is 12.1 Å². The third-order valence-corrected chi connectivity index (χ3v) is 4.11.